The van der Waals surface area contributed by atoms with E-state index < -0.39 is 12.1 Å². The summed E-state index contributed by atoms with van der Waals surface area (Å²) in [5.41, 5.74) is 1.40. The van der Waals surface area contributed by atoms with E-state index in [1.54, 1.807) is 36.4 Å². The van der Waals surface area contributed by atoms with Gasteiger partial charge in [-0.25, -0.2) is 4.79 Å². The molecule has 0 saturated heterocycles. The number of rotatable bonds is 5. The van der Waals surface area contributed by atoms with Gasteiger partial charge in [0.15, 0.2) is 11.5 Å². The van der Waals surface area contributed by atoms with E-state index in [0.29, 0.717) is 23.6 Å². The smallest absolute Gasteiger partial charge is 0.356 e. The number of hydrogen-bond acceptors (Lipinski definition) is 5. The maximum absolute atomic E-state index is 12.4. The highest BCUT2D eigenvalue weighted by molar-refractivity contribution is 5.94. The number of carbonyl (C=O) groups excluding carboxylic acids is 2. The quantitative estimate of drug-likeness (QED) is 0.535. The van der Waals surface area contributed by atoms with E-state index in [1.807, 2.05) is 36.4 Å². The third-order valence-corrected chi connectivity index (χ3v) is 4.38. The minimum atomic E-state index is -0.875. The van der Waals surface area contributed by atoms with Gasteiger partial charge in [0.25, 0.3) is 5.91 Å². The third kappa shape index (κ3) is 4.55. The summed E-state index contributed by atoms with van der Waals surface area (Å²) in [4.78, 5) is 24.8. The Bertz CT molecular complexity index is 1020. The second-order valence-corrected chi connectivity index (χ2v) is 6.48. The van der Waals surface area contributed by atoms with Crippen LogP contribution in [0.1, 0.15) is 15.9 Å². The van der Waals surface area contributed by atoms with Crippen molar-refractivity contribution in [2.75, 3.05) is 6.61 Å². The van der Waals surface area contributed by atoms with Gasteiger partial charge in [0.05, 0.1) is 0 Å². The molecule has 6 nitrogen and oxygen atoms in total. The van der Waals surface area contributed by atoms with E-state index in [4.69, 9.17) is 14.2 Å². The number of benzene rings is 3. The van der Waals surface area contributed by atoms with Crippen LogP contribution in [-0.4, -0.2) is 24.6 Å². The van der Waals surface area contributed by atoms with Crippen LogP contribution in [0.3, 0.4) is 0 Å². The zero-order valence-electron chi connectivity index (χ0n) is 15.5. The second kappa shape index (κ2) is 8.48. The summed E-state index contributed by atoms with van der Waals surface area (Å²) in [6.45, 7) is 0.476. The highest BCUT2D eigenvalue weighted by atomic mass is 16.6. The third-order valence-electron chi connectivity index (χ3n) is 4.38. The topological polar surface area (TPSA) is 73.9 Å². The van der Waals surface area contributed by atoms with Gasteiger partial charge in [0.2, 0.25) is 6.10 Å². The van der Waals surface area contributed by atoms with Crippen LogP contribution in [0.4, 0.5) is 0 Å². The minimum Gasteiger partial charge on any atom is -0.485 e. The molecule has 146 valence electrons. The van der Waals surface area contributed by atoms with Crippen molar-refractivity contribution in [3.8, 4) is 17.2 Å². The molecule has 0 aliphatic carbocycles. The first-order chi connectivity index (χ1) is 14.2. The molecular weight excluding hydrogens is 370 g/mol. The number of ether oxygens (including phenoxy) is 3. The first-order valence-electron chi connectivity index (χ1n) is 9.21. The van der Waals surface area contributed by atoms with Gasteiger partial charge in [0, 0.05) is 12.1 Å². The first kappa shape index (κ1) is 18.6. The predicted molar refractivity (Wildman–Crippen MR) is 106 cm³/mol. The van der Waals surface area contributed by atoms with E-state index in [1.165, 1.54) is 6.07 Å². The molecule has 3 aromatic carbocycles. The Labute approximate surface area is 168 Å². The average molecular weight is 389 g/mol. The minimum absolute atomic E-state index is 0.0626. The first-order valence-corrected chi connectivity index (χ1v) is 9.21. The van der Waals surface area contributed by atoms with E-state index in [9.17, 15) is 9.59 Å². The molecule has 3 aromatic rings. The Morgan fingerprint density at radius 1 is 0.931 bits per heavy atom. The number of amides is 1. The molecule has 29 heavy (non-hydrogen) atoms. The van der Waals surface area contributed by atoms with Crippen LogP contribution in [0.15, 0.2) is 78.9 Å². The monoisotopic (exact) mass is 389 g/mol. The Morgan fingerprint density at radius 3 is 2.52 bits per heavy atom. The van der Waals surface area contributed by atoms with Crippen LogP contribution in [0, 0.1) is 0 Å². The summed E-state index contributed by atoms with van der Waals surface area (Å²) in [7, 11) is 0. The average Bonchev–Trinajstić information content (AvgIpc) is 2.78. The number of esters is 1. The molecule has 1 N–H and O–H groups in total. The van der Waals surface area contributed by atoms with Gasteiger partial charge < -0.3 is 19.5 Å². The fourth-order valence-electron chi connectivity index (χ4n) is 2.90. The lowest BCUT2D eigenvalue weighted by molar-refractivity contribution is -0.144. The van der Waals surface area contributed by atoms with Crippen LogP contribution in [0.2, 0.25) is 0 Å². The molecule has 0 saturated carbocycles. The van der Waals surface area contributed by atoms with Gasteiger partial charge in [-0.1, -0.05) is 48.5 Å². The fourth-order valence-corrected chi connectivity index (χ4v) is 2.90. The lowest BCUT2D eigenvalue weighted by atomic mass is 10.2. The van der Waals surface area contributed by atoms with Crippen molar-refractivity contribution in [2.45, 2.75) is 12.6 Å². The molecule has 0 fully saturated rings. The van der Waals surface area contributed by atoms with Gasteiger partial charge in [0.1, 0.15) is 12.4 Å². The lowest BCUT2D eigenvalue weighted by Crippen LogP contribution is -2.39. The molecular formula is C23H19NO5. The molecule has 1 aliphatic heterocycles. The molecule has 0 unspecified atom stereocenters. The van der Waals surface area contributed by atoms with Crippen molar-refractivity contribution in [3.63, 3.8) is 0 Å². The number of para-hydroxylation sites is 2. The summed E-state index contributed by atoms with van der Waals surface area (Å²) in [6, 6.07) is 23.2. The number of nitrogens with one attached hydrogen (secondary N) is 1. The van der Waals surface area contributed by atoms with E-state index in [-0.39, 0.29) is 18.3 Å². The van der Waals surface area contributed by atoms with Crippen LogP contribution in [-0.2, 0) is 11.3 Å². The number of carbonyl (C=O) groups is 2. The van der Waals surface area contributed by atoms with E-state index in [0.717, 1.165) is 5.56 Å². The van der Waals surface area contributed by atoms with Crippen molar-refractivity contribution in [2.24, 2.45) is 0 Å². The van der Waals surface area contributed by atoms with E-state index in [2.05, 4.69) is 5.32 Å². The lowest BCUT2D eigenvalue weighted by Gasteiger charge is -2.24. The van der Waals surface area contributed by atoms with Gasteiger partial charge in [-0.2, -0.15) is 0 Å². The van der Waals surface area contributed by atoms with Crippen molar-refractivity contribution >= 4 is 11.9 Å². The maximum atomic E-state index is 12.4. The Kier molecular flexibility index (Phi) is 5.42. The number of fused-ring (bicyclic) bond motifs is 1. The molecule has 6 heteroatoms. The Morgan fingerprint density at radius 2 is 1.69 bits per heavy atom. The van der Waals surface area contributed by atoms with Crippen LogP contribution in [0.25, 0.3) is 0 Å². The standard InChI is InChI=1S/C23H19NO5/c25-22(24-14-16-7-2-1-3-8-16)17-9-6-10-18(13-17)28-23(26)21-15-27-19-11-4-5-12-20(19)29-21/h1-13,21H,14-15H2,(H,24,25)/t21-/m1/s1. The Balaban J connectivity index is 1.37. The summed E-state index contributed by atoms with van der Waals surface area (Å²) < 4.78 is 16.6. The van der Waals surface area contributed by atoms with Crippen LogP contribution in [0.5, 0.6) is 17.2 Å². The van der Waals surface area contributed by atoms with Crippen molar-refractivity contribution in [1.82, 2.24) is 5.32 Å². The highest BCUT2D eigenvalue weighted by Gasteiger charge is 2.29. The van der Waals surface area contributed by atoms with Gasteiger partial charge in [-0.05, 0) is 35.9 Å². The Hall–Kier alpha value is -3.80. The second-order valence-electron chi connectivity index (χ2n) is 6.48. The van der Waals surface area contributed by atoms with Gasteiger partial charge in [-0.15, -0.1) is 0 Å². The zero-order chi connectivity index (χ0) is 20.1. The van der Waals surface area contributed by atoms with Crippen LogP contribution < -0.4 is 19.5 Å². The summed E-state index contributed by atoms with van der Waals surface area (Å²) >= 11 is 0. The summed E-state index contributed by atoms with van der Waals surface area (Å²) in [6.07, 6.45) is -0.875. The zero-order valence-corrected chi connectivity index (χ0v) is 15.5. The molecule has 0 radical (unpaired) electrons. The largest absolute Gasteiger partial charge is 0.485 e. The molecule has 1 aliphatic rings. The number of hydrogen-bond donors (Lipinski definition) is 1. The molecule has 4 rings (SSSR count). The van der Waals surface area contributed by atoms with Crippen LogP contribution >= 0.6 is 0 Å². The predicted octanol–water partition coefficient (Wildman–Crippen LogP) is 3.36. The SMILES string of the molecule is O=C(NCc1ccccc1)c1cccc(OC(=O)[C@H]2COc3ccccc3O2)c1. The summed E-state index contributed by atoms with van der Waals surface area (Å²) in [5, 5.41) is 2.85. The molecule has 1 atom stereocenters. The molecule has 1 amide bonds. The van der Waals surface area contributed by atoms with E-state index >= 15 is 0 Å². The molecule has 1 heterocycles. The van der Waals surface area contributed by atoms with Crippen molar-refractivity contribution in [1.29, 1.82) is 0 Å². The molecule has 0 spiro atoms. The fraction of sp³-hybridized carbons (Fsp3) is 0.130. The van der Waals surface area contributed by atoms with Crippen molar-refractivity contribution < 1.29 is 23.8 Å². The summed E-state index contributed by atoms with van der Waals surface area (Å²) in [5.74, 6) is 0.521. The normalized spacial score (nSPS) is 14.7. The molecule has 0 bridgehead atoms. The van der Waals surface area contributed by atoms with Crippen molar-refractivity contribution in [3.05, 3.63) is 90.0 Å². The maximum Gasteiger partial charge on any atom is 0.356 e. The van der Waals surface area contributed by atoms with Gasteiger partial charge >= 0.3 is 5.97 Å². The highest BCUT2D eigenvalue weighted by Crippen LogP contribution is 2.31. The molecule has 0 aromatic heterocycles. The van der Waals surface area contributed by atoms with Gasteiger partial charge in [-0.3, -0.25) is 4.79 Å².